The van der Waals surface area contributed by atoms with Crippen LogP contribution in [0.4, 0.5) is 4.39 Å². The minimum Gasteiger partial charge on any atom is -0.351 e. The lowest BCUT2D eigenvalue weighted by Crippen LogP contribution is -2.42. The molecule has 122 valence electrons. The third-order valence-electron chi connectivity index (χ3n) is 4.82. The van der Waals surface area contributed by atoms with E-state index in [1.165, 1.54) is 12.1 Å². The van der Waals surface area contributed by atoms with Crippen LogP contribution >= 0.6 is 0 Å². The van der Waals surface area contributed by atoms with Gasteiger partial charge in [0.1, 0.15) is 5.82 Å². The second-order valence-corrected chi connectivity index (χ2v) is 6.29. The van der Waals surface area contributed by atoms with Crippen LogP contribution in [0.5, 0.6) is 0 Å². The monoisotopic (exact) mass is 322 g/mol. The molecule has 4 heteroatoms. The lowest BCUT2D eigenvalue weighted by molar-refractivity contribution is -0.126. The number of carbonyl (C=O) groups is 1. The molecule has 1 fully saturated rings. The van der Waals surface area contributed by atoms with Gasteiger partial charge in [0.15, 0.2) is 0 Å². The molecule has 1 N–H and O–H groups in total. The lowest BCUT2D eigenvalue weighted by atomic mass is 9.78. The highest BCUT2D eigenvalue weighted by Gasteiger charge is 2.42. The van der Waals surface area contributed by atoms with Crippen LogP contribution in [0.3, 0.4) is 0 Å². The molecule has 0 spiro atoms. The summed E-state index contributed by atoms with van der Waals surface area (Å²) in [6, 6.07) is 15.5. The van der Waals surface area contributed by atoms with Crippen molar-refractivity contribution in [3.05, 3.63) is 71.0 Å². The normalized spacial score (nSPS) is 15.7. The summed E-state index contributed by atoms with van der Waals surface area (Å²) in [6.07, 6.45) is 3.58. The SMILES string of the molecule is N#Cc1ccc(CNC(=O)C2(c3ccc(F)cc3)CCCC2)cc1. The van der Waals surface area contributed by atoms with E-state index in [1.807, 2.05) is 12.1 Å². The highest BCUT2D eigenvalue weighted by molar-refractivity contribution is 5.88. The van der Waals surface area contributed by atoms with E-state index in [0.29, 0.717) is 12.1 Å². The van der Waals surface area contributed by atoms with Crippen LogP contribution in [-0.2, 0) is 16.8 Å². The van der Waals surface area contributed by atoms with Gasteiger partial charge in [0.2, 0.25) is 5.91 Å². The number of hydrogen-bond donors (Lipinski definition) is 1. The standard InChI is InChI=1S/C20H19FN2O/c21-18-9-7-17(8-10-18)20(11-1-2-12-20)19(24)23-14-16-5-3-15(13-22)4-6-16/h3-10H,1-2,11-12,14H2,(H,23,24). The molecule has 1 aliphatic carbocycles. The maximum Gasteiger partial charge on any atom is 0.230 e. The Kier molecular flexibility index (Phi) is 4.61. The molecular weight excluding hydrogens is 303 g/mol. The third-order valence-corrected chi connectivity index (χ3v) is 4.82. The summed E-state index contributed by atoms with van der Waals surface area (Å²) in [5, 5.41) is 11.8. The first-order valence-electron chi connectivity index (χ1n) is 8.17. The van der Waals surface area contributed by atoms with Crippen molar-refractivity contribution in [2.24, 2.45) is 0 Å². The Morgan fingerprint density at radius 1 is 1.08 bits per heavy atom. The number of nitriles is 1. The largest absolute Gasteiger partial charge is 0.351 e. The van der Waals surface area contributed by atoms with Crippen molar-refractivity contribution in [1.29, 1.82) is 5.26 Å². The third kappa shape index (κ3) is 3.16. The Morgan fingerprint density at radius 3 is 2.29 bits per heavy atom. The molecule has 2 aromatic carbocycles. The summed E-state index contributed by atoms with van der Waals surface area (Å²) in [5.41, 5.74) is 1.89. The first-order valence-corrected chi connectivity index (χ1v) is 8.17. The number of amides is 1. The van der Waals surface area contributed by atoms with E-state index in [1.54, 1.807) is 24.3 Å². The van der Waals surface area contributed by atoms with E-state index >= 15 is 0 Å². The molecule has 0 saturated heterocycles. The van der Waals surface area contributed by atoms with E-state index < -0.39 is 5.41 Å². The van der Waals surface area contributed by atoms with Crippen LogP contribution in [-0.4, -0.2) is 5.91 Å². The molecule has 1 aliphatic rings. The zero-order chi connectivity index (χ0) is 17.0. The van der Waals surface area contributed by atoms with Gasteiger partial charge in [-0.25, -0.2) is 4.39 Å². The van der Waals surface area contributed by atoms with Gasteiger partial charge >= 0.3 is 0 Å². The topological polar surface area (TPSA) is 52.9 Å². The predicted molar refractivity (Wildman–Crippen MR) is 89.5 cm³/mol. The second kappa shape index (κ2) is 6.84. The highest BCUT2D eigenvalue weighted by Crippen LogP contribution is 2.41. The average Bonchev–Trinajstić information content (AvgIpc) is 3.12. The van der Waals surface area contributed by atoms with Gasteiger partial charge in [-0.1, -0.05) is 37.1 Å². The molecule has 2 aromatic rings. The Morgan fingerprint density at radius 2 is 1.71 bits per heavy atom. The molecule has 3 nitrogen and oxygen atoms in total. The summed E-state index contributed by atoms with van der Waals surface area (Å²) in [5.74, 6) is -0.291. The van der Waals surface area contributed by atoms with Crippen LogP contribution in [0, 0.1) is 17.1 Å². The van der Waals surface area contributed by atoms with E-state index in [0.717, 1.165) is 36.8 Å². The molecule has 0 aromatic heterocycles. The van der Waals surface area contributed by atoms with Crippen molar-refractivity contribution in [3.63, 3.8) is 0 Å². The van der Waals surface area contributed by atoms with E-state index in [2.05, 4.69) is 11.4 Å². The van der Waals surface area contributed by atoms with Crippen LogP contribution in [0.25, 0.3) is 0 Å². The van der Waals surface area contributed by atoms with Crippen molar-refractivity contribution in [2.75, 3.05) is 0 Å². The van der Waals surface area contributed by atoms with Gasteiger partial charge in [0, 0.05) is 6.54 Å². The molecule has 3 rings (SSSR count). The van der Waals surface area contributed by atoms with Crippen molar-refractivity contribution >= 4 is 5.91 Å². The molecule has 1 saturated carbocycles. The molecule has 0 unspecified atom stereocenters. The fourth-order valence-electron chi connectivity index (χ4n) is 3.44. The van der Waals surface area contributed by atoms with Crippen molar-refractivity contribution in [3.8, 4) is 6.07 Å². The van der Waals surface area contributed by atoms with Crippen molar-refractivity contribution in [1.82, 2.24) is 5.32 Å². The van der Waals surface area contributed by atoms with Gasteiger partial charge in [0.05, 0.1) is 17.0 Å². The quantitative estimate of drug-likeness (QED) is 0.930. The Hall–Kier alpha value is -2.67. The molecule has 0 atom stereocenters. The fourth-order valence-corrected chi connectivity index (χ4v) is 3.44. The lowest BCUT2D eigenvalue weighted by Gasteiger charge is -2.28. The molecular formula is C20H19FN2O. The van der Waals surface area contributed by atoms with Gasteiger partial charge in [-0.2, -0.15) is 5.26 Å². The van der Waals surface area contributed by atoms with Crippen LogP contribution in [0.1, 0.15) is 42.4 Å². The maximum absolute atomic E-state index is 13.2. The van der Waals surface area contributed by atoms with Gasteiger partial charge in [-0.3, -0.25) is 4.79 Å². The van der Waals surface area contributed by atoms with Crippen molar-refractivity contribution < 1.29 is 9.18 Å². The zero-order valence-corrected chi connectivity index (χ0v) is 13.4. The van der Waals surface area contributed by atoms with E-state index in [9.17, 15) is 9.18 Å². The number of halogens is 1. The number of nitrogens with zero attached hydrogens (tertiary/aromatic N) is 1. The summed E-state index contributed by atoms with van der Waals surface area (Å²) in [4.78, 5) is 12.9. The summed E-state index contributed by atoms with van der Waals surface area (Å²) in [6.45, 7) is 0.424. The molecule has 0 radical (unpaired) electrons. The molecule has 24 heavy (non-hydrogen) atoms. The Balaban J connectivity index is 1.75. The summed E-state index contributed by atoms with van der Waals surface area (Å²) < 4.78 is 13.2. The maximum atomic E-state index is 13.2. The van der Waals surface area contributed by atoms with Gasteiger partial charge in [-0.05, 0) is 48.2 Å². The predicted octanol–water partition coefficient (Wildman–Crippen LogP) is 3.83. The highest BCUT2D eigenvalue weighted by atomic mass is 19.1. The number of rotatable bonds is 4. The zero-order valence-electron chi connectivity index (χ0n) is 13.4. The number of hydrogen-bond acceptors (Lipinski definition) is 2. The van der Waals surface area contributed by atoms with E-state index in [4.69, 9.17) is 5.26 Å². The van der Waals surface area contributed by atoms with Crippen molar-refractivity contribution in [2.45, 2.75) is 37.6 Å². The van der Waals surface area contributed by atoms with Crippen LogP contribution in [0.2, 0.25) is 0 Å². The van der Waals surface area contributed by atoms with Crippen LogP contribution < -0.4 is 5.32 Å². The summed E-state index contributed by atoms with van der Waals surface area (Å²) in [7, 11) is 0. The average molecular weight is 322 g/mol. The molecule has 1 amide bonds. The number of carbonyl (C=O) groups excluding carboxylic acids is 1. The van der Waals surface area contributed by atoms with Gasteiger partial charge in [-0.15, -0.1) is 0 Å². The fraction of sp³-hybridized carbons (Fsp3) is 0.300. The first kappa shape index (κ1) is 16.2. The molecule has 0 heterocycles. The minimum absolute atomic E-state index is 0.00373. The molecule has 0 bridgehead atoms. The minimum atomic E-state index is -0.555. The molecule has 0 aliphatic heterocycles. The number of nitrogens with one attached hydrogen (secondary N) is 1. The van der Waals surface area contributed by atoms with Crippen LogP contribution in [0.15, 0.2) is 48.5 Å². The smallest absolute Gasteiger partial charge is 0.230 e. The van der Waals surface area contributed by atoms with E-state index in [-0.39, 0.29) is 11.7 Å². The Labute approximate surface area is 141 Å². The van der Waals surface area contributed by atoms with Gasteiger partial charge < -0.3 is 5.32 Å². The number of benzene rings is 2. The Bertz CT molecular complexity index is 754. The van der Waals surface area contributed by atoms with Gasteiger partial charge in [0.25, 0.3) is 0 Å². The first-order chi connectivity index (χ1) is 11.6. The second-order valence-electron chi connectivity index (χ2n) is 6.29. The summed E-state index contributed by atoms with van der Waals surface area (Å²) >= 11 is 0.